The Labute approximate surface area is 164 Å². The lowest BCUT2D eigenvalue weighted by Crippen LogP contribution is -2.07. The fourth-order valence-electron chi connectivity index (χ4n) is 2.44. The Morgan fingerprint density at radius 2 is 1.79 bits per heavy atom. The quantitative estimate of drug-likeness (QED) is 0.480. The summed E-state index contributed by atoms with van der Waals surface area (Å²) in [6, 6.07) is 15.7. The molecule has 8 nitrogen and oxygen atoms in total. The summed E-state index contributed by atoms with van der Waals surface area (Å²) >= 11 is 1.43. The summed E-state index contributed by atoms with van der Waals surface area (Å²) in [7, 11) is 0. The molecule has 28 heavy (non-hydrogen) atoms. The monoisotopic (exact) mass is 394 g/mol. The van der Waals surface area contributed by atoms with Gasteiger partial charge < -0.3 is 11.1 Å². The number of thioether (sulfide) groups is 1. The maximum absolute atomic E-state index is 13.0. The van der Waals surface area contributed by atoms with Gasteiger partial charge in [0.2, 0.25) is 11.9 Å². The smallest absolute Gasteiger partial charge is 0.232 e. The molecule has 0 amide bonds. The van der Waals surface area contributed by atoms with Crippen molar-refractivity contribution in [2.45, 2.75) is 10.9 Å². The van der Waals surface area contributed by atoms with Gasteiger partial charge in [0.05, 0.1) is 5.75 Å². The Morgan fingerprint density at radius 3 is 2.57 bits per heavy atom. The molecule has 0 spiro atoms. The Hall–Kier alpha value is -3.53. The van der Waals surface area contributed by atoms with Crippen molar-refractivity contribution < 1.29 is 4.39 Å². The normalized spacial score (nSPS) is 10.8. The van der Waals surface area contributed by atoms with Crippen molar-refractivity contribution in [1.29, 1.82) is 0 Å². The van der Waals surface area contributed by atoms with Gasteiger partial charge in [0.1, 0.15) is 18.0 Å². The van der Waals surface area contributed by atoms with Crippen LogP contribution in [-0.4, -0.2) is 29.7 Å². The first-order chi connectivity index (χ1) is 13.7. The van der Waals surface area contributed by atoms with Gasteiger partial charge in [-0.1, -0.05) is 30.0 Å². The van der Waals surface area contributed by atoms with E-state index in [0.29, 0.717) is 28.4 Å². The zero-order valence-corrected chi connectivity index (χ0v) is 15.3. The molecule has 4 aromatic rings. The van der Waals surface area contributed by atoms with Crippen LogP contribution in [0.5, 0.6) is 0 Å². The molecule has 2 heterocycles. The van der Waals surface area contributed by atoms with E-state index in [0.717, 1.165) is 5.69 Å². The van der Waals surface area contributed by atoms with E-state index in [1.165, 1.54) is 23.9 Å². The lowest BCUT2D eigenvalue weighted by atomic mass is 10.3. The average molecular weight is 394 g/mol. The van der Waals surface area contributed by atoms with Crippen LogP contribution in [0.2, 0.25) is 0 Å². The standard InChI is InChI=1S/C18H15FN8S/c19-12-6-8-13(9-7-12)22-17-24-15(23-16(20)25-17)10-28-18-26-21-11-27(18)14-4-2-1-3-5-14/h1-9,11H,10H2,(H3,20,22,23,24,25). The van der Waals surface area contributed by atoms with Crippen LogP contribution < -0.4 is 11.1 Å². The van der Waals surface area contributed by atoms with Crippen LogP contribution in [0, 0.1) is 5.82 Å². The van der Waals surface area contributed by atoms with Crippen LogP contribution in [0.4, 0.5) is 22.0 Å². The Morgan fingerprint density at radius 1 is 1.00 bits per heavy atom. The SMILES string of the molecule is Nc1nc(CSc2nncn2-c2ccccc2)nc(Nc2ccc(F)cc2)n1. The fraction of sp³-hybridized carbons (Fsp3) is 0.0556. The number of anilines is 3. The maximum atomic E-state index is 13.0. The number of benzene rings is 2. The van der Waals surface area contributed by atoms with Crippen LogP contribution in [0.15, 0.2) is 66.1 Å². The molecule has 0 saturated carbocycles. The van der Waals surface area contributed by atoms with E-state index < -0.39 is 0 Å². The molecule has 0 saturated heterocycles. The van der Waals surface area contributed by atoms with Crippen LogP contribution in [0.1, 0.15) is 5.82 Å². The largest absolute Gasteiger partial charge is 0.368 e. The summed E-state index contributed by atoms with van der Waals surface area (Å²) in [6.07, 6.45) is 1.65. The van der Waals surface area contributed by atoms with Gasteiger partial charge >= 0.3 is 0 Å². The zero-order chi connectivity index (χ0) is 19.3. The molecule has 0 aliphatic rings. The second-order valence-electron chi connectivity index (χ2n) is 5.67. The van der Waals surface area contributed by atoms with Crippen molar-refractivity contribution >= 4 is 29.3 Å². The molecule has 140 valence electrons. The summed E-state index contributed by atoms with van der Waals surface area (Å²) < 4.78 is 14.9. The fourth-order valence-corrected chi connectivity index (χ4v) is 3.22. The minimum absolute atomic E-state index is 0.0970. The highest BCUT2D eigenvalue weighted by atomic mass is 32.2. The summed E-state index contributed by atoms with van der Waals surface area (Å²) in [6.45, 7) is 0. The number of nitrogens with zero attached hydrogens (tertiary/aromatic N) is 6. The second kappa shape index (κ2) is 8.01. The third kappa shape index (κ3) is 4.23. The van der Waals surface area contributed by atoms with Crippen LogP contribution in [0.3, 0.4) is 0 Å². The van der Waals surface area contributed by atoms with E-state index >= 15 is 0 Å². The van der Waals surface area contributed by atoms with Crippen LogP contribution >= 0.6 is 11.8 Å². The molecule has 10 heteroatoms. The predicted octanol–water partition coefficient (Wildman–Crippen LogP) is 3.21. The van der Waals surface area contributed by atoms with Gasteiger partial charge in [-0.2, -0.15) is 15.0 Å². The van der Waals surface area contributed by atoms with Gasteiger partial charge in [-0.15, -0.1) is 10.2 Å². The minimum atomic E-state index is -0.319. The van der Waals surface area contributed by atoms with Crippen molar-refractivity contribution in [3.8, 4) is 5.69 Å². The maximum Gasteiger partial charge on any atom is 0.232 e. The van der Waals surface area contributed by atoms with Gasteiger partial charge in [0.25, 0.3) is 0 Å². The van der Waals surface area contributed by atoms with Gasteiger partial charge in [-0.25, -0.2) is 4.39 Å². The van der Waals surface area contributed by atoms with Gasteiger partial charge in [0, 0.05) is 11.4 Å². The number of hydrogen-bond donors (Lipinski definition) is 2. The summed E-state index contributed by atoms with van der Waals surface area (Å²) in [4.78, 5) is 12.6. The first-order valence-electron chi connectivity index (χ1n) is 8.28. The highest BCUT2D eigenvalue weighted by Crippen LogP contribution is 2.23. The van der Waals surface area contributed by atoms with Gasteiger partial charge in [-0.05, 0) is 36.4 Å². The first-order valence-corrected chi connectivity index (χ1v) is 9.27. The lowest BCUT2D eigenvalue weighted by Gasteiger charge is -2.08. The molecule has 0 fully saturated rings. The molecule has 0 radical (unpaired) electrons. The molecule has 2 aromatic carbocycles. The first kappa shape index (κ1) is 17.9. The van der Waals surface area contributed by atoms with Gasteiger partial charge in [0.15, 0.2) is 5.16 Å². The number of para-hydroxylation sites is 1. The number of hydrogen-bond acceptors (Lipinski definition) is 8. The minimum Gasteiger partial charge on any atom is -0.368 e. The topological polar surface area (TPSA) is 107 Å². The van der Waals surface area contributed by atoms with Crippen molar-refractivity contribution in [3.63, 3.8) is 0 Å². The van der Waals surface area contributed by atoms with Gasteiger partial charge in [-0.3, -0.25) is 4.57 Å². The Bertz CT molecular complexity index is 1070. The van der Waals surface area contributed by atoms with E-state index in [2.05, 4.69) is 30.5 Å². The third-order valence-corrected chi connectivity index (χ3v) is 4.62. The van der Waals surface area contributed by atoms with Crippen molar-refractivity contribution in [3.05, 3.63) is 72.6 Å². The number of nitrogens with two attached hydrogens (primary N) is 1. The molecule has 0 aliphatic heterocycles. The number of nitrogen functional groups attached to an aromatic ring is 1. The lowest BCUT2D eigenvalue weighted by molar-refractivity contribution is 0.628. The molecule has 2 aromatic heterocycles. The Kier molecular flexibility index (Phi) is 5.11. The van der Waals surface area contributed by atoms with E-state index in [9.17, 15) is 4.39 Å². The molecule has 0 bridgehead atoms. The highest BCUT2D eigenvalue weighted by molar-refractivity contribution is 7.98. The molecule has 0 aliphatic carbocycles. The third-order valence-electron chi connectivity index (χ3n) is 3.68. The van der Waals surface area contributed by atoms with Crippen LogP contribution in [-0.2, 0) is 5.75 Å². The molecular weight excluding hydrogens is 379 g/mol. The summed E-state index contributed by atoms with van der Waals surface area (Å²) in [5, 5.41) is 11.8. The number of rotatable bonds is 6. The molecular formula is C18H15FN8S. The number of halogens is 1. The molecule has 4 rings (SSSR count). The van der Waals surface area contributed by atoms with E-state index in [1.54, 1.807) is 18.5 Å². The molecule has 0 unspecified atom stereocenters. The van der Waals surface area contributed by atoms with Crippen LogP contribution in [0.25, 0.3) is 5.69 Å². The molecule has 3 N–H and O–H groups in total. The highest BCUT2D eigenvalue weighted by Gasteiger charge is 2.10. The number of nitrogens with one attached hydrogen (secondary N) is 1. The van der Waals surface area contributed by atoms with Crippen molar-refractivity contribution in [2.24, 2.45) is 0 Å². The van der Waals surface area contributed by atoms with Crippen molar-refractivity contribution in [2.75, 3.05) is 11.1 Å². The van der Waals surface area contributed by atoms with E-state index in [1.807, 2.05) is 34.9 Å². The summed E-state index contributed by atoms with van der Waals surface area (Å²) in [5.74, 6) is 0.986. The molecule has 0 atom stereocenters. The number of aromatic nitrogens is 6. The van der Waals surface area contributed by atoms with Crippen molar-refractivity contribution in [1.82, 2.24) is 29.7 Å². The summed E-state index contributed by atoms with van der Waals surface area (Å²) in [5.41, 5.74) is 7.41. The van der Waals surface area contributed by atoms with E-state index in [4.69, 9.17) is 5.73 Å². The average Bonchev–Trinajstić information content (AvgIpc) is 3.17. The predicted molar refractivity (Wildman–Crippen MR) is 105 cm³/mol. The zero-order valence-electron chi connectivity index (χ0n) is 14.5. The van der Waals surface area contributed by atoms with E-state index in [-0.39, 0.29) is 11.8 Å². The Balaban J connectivity index is 1.49. The second-order valence-corrected chi connectivity index (χ2v) is 6.62.